The number of aliphatic carboxylic acids is 1. The first kappa shape index (κ1) is 21.4. The van der Waals surface area contributed by atoms with Crippen molar-refractivity contribution in [3.63, 3.8) is 0 Å². The number of benzene rings is 1. The van der Waals surface area contributed by atoms with Gasteiger partial charge in [-0.15, -0.1) is 0 Å². The van der Waals surface area contributed by atoms with E-state index in [1.54, 1.807) is 0 Å². The predicted octanol–water partition coefficient (Wildman–Crippen LogP) is 1.86. The summed E-state index contributed by atoms with van der Waals surface area (Å²) in [6.45, 7) is 2.59. The van der Waals surface area contributed by atoms with Crippen molar-refractivity contribution in [2.45, 2.75) is 39.2 Å². The fourth-order valence-corrected chi connectivity index (χ4v) is 2.90. The lowest BCUT2D eigenvalue weighted by Crippen LogP contribution is -2.24. The first-order valence-electron chi connectivity index (χ1n) is 9.32. The van der Waals surface area contributed by atoms with E-state index in [4.69, 9.17) is 20.4 Å². The van der Waals surface area contributed by atoms with Gasteiger partial charge in [0.1, 0.15) is 12.4 Å². The Balaban J connectivity index is 0.000000640. The van der Waals surface area contributed by atoms with Gasteiger partial charge in [0.25, 0.3) is 5.97 Å². The topological polar surface area (TPSA) is 115 Å². The molecule has 28 heavy (non-hydrogen) atoms. The molecule has 0 bridgehead atoms. The molecule has 1 aliphatic rings. The lowest BCUT2D eigenvalue weighted by molar-refractivity contribution is -0.134. The number of rotatable bonds is 7. The van der Waals surface area contributed by atoms with Crippen LogP contribution in [0.2, 0.25) is 0 Å². The molecule has 0 aliphatic heterocycles. The molecule has 3 rings (SSSR count). The number of pyridine rings is 1. The number of aromatic nitrogens is 1. The fraction of sp³-hybridized carbons (Fsp3) is 0.381. The molecule has 1 aromatic heterocycles. The molecule has 0 atom stereocenters. The van der Waals surface area contributed by atoms with Crippen LogP contribution in [-0.4, -0.2) is 35.1 Å². The molecule has 1 amide bonds. The summed E-state index contributed by atoms with van der Waals surface area (Å²) in [5.74, 6) is -0.0556. The molecule has 0 saturated heterocycles. The number of ether oxygens (including phenoxy) is 1. The zero-order valence-electron chi connectivity index (χ0n) is 16.1. The molecular formula is C21H27N3O4. The second kappa shape index (κ2) is 11.0. The van der Waals surface area contributed by atoms with Crippen LogP contribution >= 0.6 is 0 Å². The molecule has 0 fully saturated rings. The number of carboxylic acid groups (broad SMARTS) is 1. The third kappa shape index (κ3) is 7.36. The zero-order valence-corrected chi connectivity index (χ0v) is 16.1. The number of hydrogen-bond donors (Lipinski definition) is 3. The molecule has 0 radical (unpaired) electrons. The number of nitrogens with one attached hydrogen (secondary N) is 1. The van der Waals surface area contributed by atoms with Gasteiger partial charge in [-0.2, -0.15) is 0 Å². The van der Waals surface area contributed by atoms with Gasteiger partial charge < -0.3 is 20.9 Å². The van der Waals surface area contributed by atoms with Crippen molar-refractivity contribution in [1.82, 2.24) is 10.3 Å². The summed E-state index contributed by atoms with van der Waals surface area (Å²) in [7, 11) is 0. The smallest absolute Gasteiger partial charge is 0.300 e. The van der Waals surface area contributed by atoms with Crippen LogP contribution in [0.3, 0.4) is 0 Å². The highest BCUT2D eigenvalue weighted by Gasteiger charge is 2.12. The van der Waals surface area contributed by atoms with Gasteiger partial charge in [0.05, 0.1) is 6.42 Å². The zero-order chi connectivity index (χ0) is 20.4. The third-order valence-electron chi connectivity index (χ3n) is 4.14. The molecule has 2 aromatic rings. The predicted molar refractivity (Wildman–Crippen MR) is 106 cm³/mol. The van der Waals surface area contributed by atoms with E-state index in [-0.39, 0.29) is 5.91 Å². The highest BCUT2D eigenvalue weighted by Crippen LogP contribution is 2.20. The number of nitrogens with two attached hydrogens (primary N) is 1. The maximum Gasteiger partial charge on any atom is 0.300 e. The molecule has 4 N–H and O–H groups in total. The summed E-state index contributed by atoms with van der Waals surface area (Å²) in [6.07, 6.45) is 5.59. The molecule has 7 heteroatoms. The van der Waals surface area contributed by atoms with E-state index >= 15 is 0 Å². The van der Waals surface area contributed by atoms with Crippen LogP contribution in [0.25, 0.3) is 0 Å². The number of carbonyl (C=O) groups is 2. The molecular weight excluding hydrogens is 358 g/mol. The van der Waals surface area contributed by atoms with Crippen LogP contribution in [0.1, 0.15) is 35.7 Å². The lowest BCUT2D eigenvalue weighted by Gasteiger charge is -2.08. The molecule has 7 nitrogen and oxygen atoms in total. The normalized spacial score (nSPS) is 11.8. The SMILES string of the molecule is CC(=O)O.NCCOc1ccc(CC(=O)NCc2cnc3c(c2)CCC3)cc1. The number of hydrogen-bond acceptors (Lipinski definition) is 5. The largest absolute Gasteiger partial charge is 0.492 e. The summed E-state index contributed by atoms with van der Waals surface area (Å²) < 4.78 is 5.42. The Morgan fingerprint density at radius 3 is 2.61 bits per heavy atom. The van der Waals surface area contributed by atoms with Crippen molar-refractivity contribution >= 4 is 11.9 Å². The van der Waals surface area contributed by atoms with E-state index in [0.717, 1.165) is 36.6 Å². The standard InChI is InChI=1S/C19H23N3O2.C2H4O2/c20-8-9-24-17-6-4-14(5-7-17)11-19(23)22-13-15-10-16-2-1-3-18(16)21-12-15;1-2(3)4/h4-7,10,12H,1-3,8-9,11,13,20H2,(H,22,23);1H3,(H,3,4). The van der Waals surface area contributed by atoms with Crippen LogP contribution in [0, 0.1) is 0 Å². The van der Waals surface area contributed by atoms with Crippen molar-refractivity contribution in [3.8, 4) is 5.75 Å². The number of amides is 1. The van der Waals surface area contributed by atoms with Crippen molar-refractivity contribution in [2.24, 2.45) is 5.73 Å². The molecule has 0 saturated carbocycles. The fourth-order valence-electron chi connectivity index (χ4n) is 2.90. The third-order valence-corrected chi connectivity index (χ3v) is 4.14. The van der Waals surface area contributed by atoms with Gasteiger partial charge in [-0.05, 0) is 48.1 Å². The van der Waals surface area contributed by atoms with Crippen LogP contribution < -0.4 is 15.8 Å². The molecule has 1 heterocycles. The average molecular weight is 385 g/mol. The maximum absolute atomic E-state index is 12.1. The summed E-state index contributed by atoms with van der Waals surface area (Å²) in [4.78, 5) is 25.6. The van der Waals surface area contributed by atoms with Crippen LogP contribution in [0.4, 0.5) is 0 Å². The molecule has 150 valence electrons. The Labute approximate surface area is 164 Å². The summed E-state index contributed by atoms with van der Waals surface area (Å²) in [5, 5.41) is 10.4. The molecule has 0 spiro atoms. The minimum Gasteiger partial charge on any atom is -0.492 e. The molecule has 1 aromatic carbocycles. The minimum absolute atomic E-state index is 0.00567. The first-order chi connectivity index (χ1) is 13.5. The second-order valence-electron chi connectivity index (χ2n) is 6.56. The number of carbonyl (C=O) groups excluding carboxylic acids is 1. The number of nitrogens with zero attached hydrogens (tertiary/aromatic N) is 1. The van der Waals surface area contributed by atoms with Crippen molar-refractivity contribution in [2.75, 3.05) is 13.2 Å². The summed E-state index contributed by atoms with van der Waals surface area (Å²) in [6, 6.07) is 9.70. The second-order valence-corrected chi connectivity index (χ2v) is 6.56. The first-order valence-corrected chi connectivity index (χ1v) is 9.32. The summed E-state index contributed by atoms with van der Waals surface area (Å²) in [5.41, 5.74) is 9.96. The van der Waals surface area contributed by atoms with Crippen molar-refractivity contribution < 1.29 is 19.4 Å². The van der Waals surface area contributed by atoms with E-state index in [1.165, 1.54) is 17.7 Å². The van der Waals surface area contributed by atoms with Gasteiger partial charge in [-0.1, -0.05) is 18.2 Å². The van der Waals surface area contributed by atoms with E-state index in [1.807, 2.05) is 30.5 Å². The Morgan fingerprint density at radius 2 is 1.93 bits per heavy atom. The van der Waals surface area contributed by atoms with Gasteiger partial charge in [0, 0.05) is 31.9 Å². The van der Waals surface area contributed by atoms with Crippen molar-refractivity contribution in [1.29, 1.82) is 0 Å². The van der Waals surface area contributed by atoms with Gasteiger partial charge >= 0.3 is 0 Å². The van der Waals surface area contributed by atoms with Gasteiger partial charge in [-0.3, -0.25) is 14.6 Å². The average Bonchev–Trinajstić information content (AvgIpc) is 3.13. The monoisotopic (exact) mass is 385 g/mol. The molecule has 1 aliphatic carbocycles. The van der Waals surface area contributed by atoms with E-state index in [9.17, 15) is 4.79 Å². The van der Waals surface area contributed by atoms with E-state index in [2.05, 4.69) is 16.4 Å². The highest BCUT2D eigenvalue weighted by atomic mass is 16.5. The summed E-state index contributed by atoms with van der Waals surface area (Å²) >= 11 is 0. The van der Waals surface area contributed by atoms with Crippen LogP contribution in [0.15, 0.2) is 36.5 Å². The van der Waals surface area contributed by atoms with Gasteiger partial charge in [-0.25, -0.2) is 0 Å². The number of fused-ring (bicyclic) bond motifs is 1. The lowest BCUT2D eigenvalue weighted by atomic mass is 10.1. The number of carboxylic acids is 1. The van der Waals surface area contributed by atoms with Gasteiger partial charge in [0.2, 0.25) is 5.91 Å². The maximum atomic E-state index is 12.1. The van der Waals surface area contributed by atoms with Crippen molar-refractivity contribution in [3.05, 3.63) is 58.9 Å². The molecule has 0 unspecified atom stereocenters. The minimum atomic E-state index is -0.833. The Morgan fingerprint density at radius 1 is 1.21 bits per heavy atom. The number of aryl methyl sites for hydroxylation is 2. The Hall–Kier alpha value is -2.93. The van der Waals surface area contributed by atoms with Crippen LogP contribution in [0.5, 0.6) is 5.75 Å². The van der Waals surface area contributed by atoms with Crippen LogP contribution in [-0.2, 0) is 35.4 Å². The van der Waals surface area contributed by atoms with E-state index in [0.29, 0.717) is 26.1 Å². The Bertz CT molecular complexity index is 787. The quantitative estimate of drug-likeness (QED) is 0.670. The Kier molecular flexibility index (Phi) is 8.42. The van der Waals surface area contributed by atoms with E-state index < -0.39 is 5.97 Å². The van der Waals surface area contributed by atoms with Gasteiger partial charge in [0.15, 0.2) is 0 Å². The highest BCUT2D eigenvalue weighted by molar-refractivity contribution is 5.78.